The molecule has 1 amide bonds. The first-order chi connectivity index (χ1) is 12.0. The number of rotatable bonds is 5. The molecule has 0 atom stereocenters. The Morgan fingerprint density at radius 3 is 2.46 bits per heavy atom. The van der Waals surface area contributed by atoms with Crippen LogP contribution in [0.1, 0.15) is 29.9 Å². The number of benzene rings is 1. The molecule has 2 N–H and O–H groups in total. The summed E-state index contributed by atoms with van der Waals surface area (Å²) in [5.41, 5.74) is -0.0903. The van der Waals surface area contributed by atoms with Gasteiger partial charge in [0.25, 0.3) is 5.91 Å². The van der Waals surface area contributed by atoms with Gasteiger partial charge in [-0.1, -0.05) is 11.6 Å². The van der Waals surface area contributed by atoms with E-state index in [9.17, 15) is 22.0 Å². The quantitative estimate of drug-likeness (QED) is 0.749. The van der Waals surface area contributed by atoms with Gasteiger partial charge in [-0.15, -0.1) is 0 Å². The van der Waals surface area contributed by atoms with Crippen molar-refractivity contribution in [3.8, 4) is 0 Å². The lowest BCUT2D eigenvalue weighted by molar-refractivity contribution is 0.101. The number of nitrogens with one attached hydrogen (secondary N) is 2. The monoisotopic (exact) mass is 405 g/mol. The number of sulfonamides is 1. The zero-order chi connectivity index (χ0) is 19.8. The van der Waals surface area contributed by atoms with Crippen LogP contribution in [0.15, 0.2) is 23.2 Å². The molecule has 1 aromatic heterocycles. The number of hydrogen-bond acceptors (Lipinski definition) is 3. The summed E-state index contributed by atoms with van der Waals surface area (Å²) >= 11 is 5.49. The SMILES string of the molecule is Cc1c(S(=O)(=O)NC(C)C)cn(C)c1C(=O)Nc1ccc(F)c(Cl)c1F. The van der Waals surface area contributed by atoms with Crippen LogP contribution in [-0.4, -0.2) is 24.9 Å². The van der Waals surface area contributed by atoms with Crippen LogP contribution in [0.2, 0.25) is 5.02 Å². The van der Waals surface area contributed by atoms with Crippen molar-refractivity contribution in [1.82, 2.24) is 9.29 Å². The van der Waals surface area contributed by atoms with E-state index in [2.05, 4.69) is 10.0 Å². The highest BCUT2D eigenvalue weighted by Crippen LogP contribution is 2.27. The molecule has 142 valence electrons. The first-order valence-electron chi connectivity index (χ1n) is 7.58. The van der Waals surface area contributed by atoms with Crippen LogP contribution in [0.25, 0.3) is 0 Å². The van der Waals surface area contributed by atoms with Crippen LogP contribution in [-0.2, 0) is 17.1 Å². The molecule has 0 aliphatic heterocycles. The van der Waals surface area contributed by atoms with Crippen molar-refractivity contribution in [2.75, 3.05) is 5.32 Å². The Kier molecular flexibility index (Phi) is 5.74. The van der Waals surface area contributed by atoms with Crippen molar-refractivity contribution in [1.29, 1.82) is 0 Å². The highest BCUT2D eigenvalue weighted by atomic mass is 35.5. The van der Waals surface area contributed by atoms with Gasteiger partial charge in [0.05, 0.1) is 5.69 Å². The van der Waals surface area contributed by atoms with Gasteiger partial charge in [0.15, 0.2) is 5.82 Å². The Labute approximate surface area is 155 Å². The first kappa shape index (κ1) is 20.3. The van der Waals surface area contributed by atoms with Gasteiger partial charge in [0.1, 0.15) is 21.4 Å². The van der Waals surface area contributed by atoms with E-state index >= 15 is 0 Å². The lowest BCUT2D eigenvalue weighted by Gasteiger charge is -2.10. The van der Waals surface area contributed by atoms with Gasteiger partial charge in [0, 0.05) is 19.3 Å². The lowest BCUT2D eigenvalue weighted by atomic mass is 10.2. The Bertz CT molecular complexity index is 972. The third kappa shape index (κ3) is 3.89. The minimum Gasteiger partial charge on any atom is -0.345 e. The highest BCUT2D eigenvalue weighted by molar-refractivity contribution is 7.89. The smallest absolute Gasteiger partial charge is 0.272 e. The standard InChI is InChI=1S/C16H18ClF2N3O3S/c1-8(2)21-26(24,25)12-7-22(4)15(9(12)3)16(23)20-11-6-5-10(18)13(17)14(11)19/h5-8,21H,1-4H3,(H,20,23). The summed E-state index contributed by atoms with van der Waals surface area (Å²) < 4.78 is 55.7. The molecule has 0 fully saturated rings. The van der Waals surface area contributed by atoms with Gasteiger partial charge in [-0.3, -0.25) is 4.79 Å². The summed E-state index contributed by atoms with van der Waals surface area (Å²) in [6.45, 7) is 4.81. The fraction of sp³-hybridized carbons (Fsp3) is 0.312. The van der Waals surface area contributed by atoms with Crippen LogP contribution in [0, 0.1) is 18.6 Å². The largest absolute Gasteiger partial charge is 0.345 e. The number of halogens is 3. The first-order valence-corrected chi connectivity index (χ1v) is 9.45. The Hall–Kier alpha value is -1.97. The molecule has 6 nitrogen and oxygen atoms in total. The topological polar surface area (TPSA) is 80.2 Å². The number of hydrogen-bond donors (Lipinski definition) is 2. The number of aryl methyl sites for hydroxylation is 1. The average molecular weight is 406 g/mol. The predicted octanol–water partition coefficient (Wildman–Crippen LogP) is 3.20. The van der Waals surface area contributed by atoms with E-state index < -0.39 is 32.6 Å². The maximum Gasteiger partial charge on any atom is 0.272 e. The fourth-order valence-electron chi connectivity index (χ4n) is 2.50. The van der Waals surface area contributed by atoms with Crippen molar-refractivity contribution in [2.45, 2.75) is 31.7 Å². The lowest BCUT2D eigenvalue weighted by Crippen LogP contribution is -2.30. The van der Waals surface area contributed by atoms with Gasteiger partial charge in [-0.25, -0.2) is 21.9 Å². The summed E-state index contributed by atoms with van der Waals surface area (Å²) in [5, 5.41) is 1.54. The average Bonchev–Trinajstić information content (AvgIpc) is 2.82. The minimum atomic E-state index is -3.81. The maximum absolute atomic E-state index is 14.0. The Morgan fingerprint density at radius 2 is 1.88 bits per heavy atom. The number of carbonyl (C=O) groups is 1. The maximum atomic E-state index is 14.0. The second kappa shape index (κ2) is 7.34. The van der Waals surface area contributed by atoms with E-state index in [0.717, 1.165) is 12.1 Å². The van der Waals surface area contributed by atoms with Crippen LogP contribution in [0.5, 0.6) is 0 Å². The van der Waals surface area contributed by atoms with Gasteiger partial charge in [0.2, 0.25) is 10.0 Å². The molecule has 0 aliphatic rings. The number of aromatic nitrogens is 1. The van der Waals surface area contributed by atoms with E-state index in [0.29, 0.717) is 0 Å². The van der Waals surface area contributed by atoms with Gasteiger partial charge in [-0.05, 0) is 38.5 Å². The molecule has 0 saturated heterocycles. The second-order valence-electron chi connectivity index (χ2n) is 6.03. The molecule has 0 spiro atoms. The van der Waals surface area contributed by atoms with E-state index in [1.165, 1.54) is 24.7 Å². The molecular formula is C16H18ClF2N3O3S. The van der Waals surface area contributed by atoms with Gasteiger partial charge in [-0.2, -0.15) is 0 Å². The molecule has 1 heterocycles. The van der Waals surface area contributed by atoms with E-state index in [4.69, 9.17) is 11.6 Å². The van der Waals surface area contributed by atoms with Crippen molar-refractivity contribution >= 4 is 33.2 Å². The van der Waals surface area contributed by atoms with E-state index in [1.54, 1.807) is 13.8 Å². The molecular weight excluding hydrogens is 388 g/mol. The van der Waals surface area contributed by atoms with Crippen LogP contribution in [0.3, 0.4) is 0 Å². The summed E-state index contributed by atoms with van der Waals surface area (Å²) in [6, 6.07) is 1.62. The number of anilines is 1. The second-order valence-corrected chi connectivity index (χ2v) is 8.09. The van der Waals surface area contributed by atoms with Gasteiger partial charge >= 0.3 is 0 Å². The molecule has 1 aromatic carbocycles. The highest BCUT2D eigenvalue weighted by Gasteiger charge is 2.26. The summed E-state index contributed by atoms with van der Waals surface area (Å²) in [4.78, 5) is 12.5. The zero-order valence-corrected chi connectivity index (χ0v) is 16.1. The van der Waals surface area contributed by atoms with Crippen molar-refractivity contribution in [2.24, 2.45) is 7.05 Å². The normalized spacial score (nSPS) is 11.8. The van der Waals surface area contributed by atoms with E-state index in [1.807, 2.05) is 0 Å². The Balaban J connectivity index is 2.41. The van der Waals surface area contributed by atoms with Crippen molar-refractivity contribution < 1.29 is 22.0 Å². The molecule has 2 rings (SSSR count). The molecule has 0 radical (unpaired) electrons. The van der Waals surface area contributed by atoms with Crippen molar-refractivity contribution in [3.63, 3.8) is 0 Å². The third-order valence-corrected chi connectivity index (χ3v) is 5.69. The van der Waals surface area contributed by atoms with Gasteiger partial charge < -0.3 is 9.88 Å². The summed E-state index contributed by atoms with van der Waals surface area (Å²) in [7, 11) is -2.32. The fourth-order valence-corrected chi connectivity index (χ4v) is 4.21. The Morgan fingerprint density at radius 1 is 1.27 bits per heavy atom. The molecule has 0 unspecified atom stereocenters. The summed E-state index contributed by atoms with van der Waals surface area (Å²) in [5.74, 6) is -2.82. The number of carbonyl (C=O) groups excluding carboxylic acids is 1. The van der Waals surface area contributed by atoms with Crippen LogP contribution >= 0.6 is 11.6 Å². The zero-order valence-electron chi connectivity index (χ0n) is 14.5. The molecule has 0 saturated carbocycles. The van der Waals surface area contributed by atoms with Crippen molar-refractivity contribution in [3.05, 3.63) is 46.2 Å². The third-order valence-electron chi connectivity index (χ3n) is 3.57. The molecule has 0 bridgehead atoms. The number of nitrogens with zero attached hydrogens (tertiary/aromatic N) is 1. The molecule has 10 heteroatoms. The van der Waals surface area contributed by atoms with Crippen LogP contribution < -0.4 is 10.0 Å². The van der Waals surface area contributed by atoms with Crippen LogP contribution in [0.4, 0.5) is 14.5 Å². The summed E-state index contributed by atoms with van der Waals surface area (Å²) in [6.07, 6.45) is 1.29. The minimum absolute atomic E-state index is 0.0222. The predicted molar refractivity (Wildman–Crippen MR) is 94.9 cm³/mol. The number of amides is 1. The molecule has 26 heavy (non-hydrogen) atoms. The van der Waals surface area contributed by atoms with E-state index in [-0.39, 0.29) is 27.9 Å². The molecule has 2 aromatic rings. The molecule has 0 aliphatic carbocycles.